The van der Waals surface area contributed by atoms with Crippen LogP contribution in [-0.2, 0) is 16.6 Å². The quantitative estimate of drug-likeness (QED) is 0.508. The first-order valence-corrected chi connectivity index (χ1v) is 7.52. The predicted molar refractivity (Wildman–Crippen MR) is 75.4 cm³/mol. The maximum Gasteiger partial charge on any atom is 0.240 e. The second-order valence-corrected chi connectivity index (χ2v) is 5.77. The standard InChI is InChI=1S/C11H16N6O2S/c12-10-8-9(2-3-11(10)20(13,18)19)14-4-1-6-17-7-5-15-16-17/h2-3,5,7-8,14H,1,4,6,12H2,(H2,13,18,19). The number of nitrogens with zero attached hydrogens (tertiary/aromatic N) is 3. The highest BCUT2D eigenvalue weighted by atomic mass is 32.2. The lowest BCUT2D eigenvalue weighted by atomic mass is 10.2. The van der Waals surface area contributed by atoms with Gasteiger partial charge >= 0.3 is 0 Å². The predicted octanol–water partition coefficient (Wildman–Crippen LogP) is 0.00990. The van der Waals surface area contributed by atoms with Gasteiger partial charge in [0.1, 0.15) is 4.90 Å². The van der Waals surface area contributed by atoms with E-state index in [-0.39, 0.29) is 10.6 Å². The molecule has 0 aliphatic heterocycles. The third-order valence-corrected chi connectivity index (χ3v) is 3.67. The van der Waals surface area contributed by atoms with Crippen molar-refractivity contribution in [1.82, 2.24) is 15.0 Å². The topological polar surface area (TPSA) is 129 Å². The molecule has 0 spiro atoms. The summed E-state index contributed by atoms with van der Waals surface area (Å²) in [6, 6.07) is 4.57. The van der Waals surface area contributed by atoms with E-state index in [9.17, 15) is 8.42 Å². The molecule has 0 bridgehead atoms. The van der Waals surface area contributed by atoms with Crippen LogP contribution in [0.3, 0.4) is 0 Å². The Bertz CT molecular complexity index is 668. The minimum atomic E-state index is -3.78. The van der Waals surface area contributed by atoms with Gasteiger partial charge in [0.15, 0.2) is 0 Å². The first-order valence-electron chi connectivity index (χ1n) is 5.97. The molecule has 0 unspecified atom stereocenters. The fourth-order valence-electron chi connectivity index (χ4n) is 1.74. The van der Waals surface area contributed by atoms with Gasteiger partial charge in [-0.1, -0.05) is 5.21 Å². The Kier molecular flexibility index (Phi) is 4.20. The number of rotatable bonds is 6. The molecule has 0 saturated heterocycles. The summed E-state index contributed by atoms with van der Waals surface area (Å²) in [5, 5.41) is 15.8. The molecule has 1 heterocycles. The van der Waals surface area contributed by atoms with Gasteiger partial charge in [-0.15, -0.1) is 5.10 Å². The van der Waals surface area contributed by atoms with E-state index >= 15 is 0 Å². The molecule has 0 radical (unpaired) electrons. The van der Waals surface area contributed by atoms with Crippen LogP contribution in [0.4, 0.5) is 11.4 Å². The van der Waals surface area contributed by atoms with Gasteiger partial charge in [-0.25, -0.2) is 13.6 Å². The lowest BCUT2D eigenvalue weighted by molar-refractivity contribution is 0.570. The number of aryl methyl sites for hydroxylation is 1. The van der Waals surface area contributed by atoms with E-state index in [2.05, 4.69) is 15.6 Å². The summed E-state index contributed by atoms with van der Waals surface area (Å²) in [4.78, 5) is -0.0642. The number of hydrogen-bond donors (Lipinski definition) is 3. The van der Waals surface area contributed by atoms with Gasteiger partial charge in [0.05, 0.1) is 11.9 Å². The van der Waals surface area contributed by atoms with Crippen LogP contribution in [0, 0.1) is 0 Å². The molecule has 2 rings (SSSR count). The summed E-state index contributed by atoms with van der Waals surface area (Å²) in [6.07, 6.45) is 4.26. The first kappa shape index (κ1) is 14.3. The average Bonchev–Trinajstić information content (AvgIpc) is 2.86. The van der Waals surface area contributed by atoms with Gasteiger partial charge in [0, 0.05) is 25.0 Å². The van der Waals surface area contributed by atoms with Gasteiger partial charge in [0.2, 0.25) is 10.0 Å². The van der Waals surface area contributed by atoms with Gasteiger partial charge < -0.3 is 11.1 Å². The molecule has 2 aromatic rings. The van der Waals surface area contributed by atoms with E-state index in [1.807, 2.05) is 0 Å². The molecule has 0 saturated carbocycles. The summed E-state index contributed by atoms with van der Waals surface area (Å²) in [7, 11) is -3.78. The van der Waals surface area contributed by atoms with Crippen LogP contribution in [0.25, 0.3) is 0 Å². The molecular formula is C11H16N6O2S. The Morgan fingerprint density at radius 3 is 2.75 bits per heavy atom. The molecule has 108 valence electrons. The number of nitrogens with one attached hydrogen (secondary N) is 1. The highest BCUT2D eigenvalue weighted by molar-refractivity contribution is 7.89. The summed E-state index contributed by atoms with van der Waals surface area (Å²) in [5.41, 5.74) is 6.54. The number of nitrogen functional groups attached to an aromatic ring is 1. The Balaban J connectivity index is 1.89. The van der Waals surface area contributed by atoms with Gasteiger partial charge in [-0.05, 0) is 24.6 Å². The summed E-state index contributed by atoms with van der Waals surface area (Å²) < 4.78 is 24.2. The monoisotopic (exact) mass is 296 g/mol. The fourth-order valence-corrected chi connectivity index (χ4v) is 2.39. The van der Waals surface area contributed by atoms with Crippen LogP contribution >= 0.6 is 0 Å². The first-order chi connectivity index (χ1) is 9.47. The van der Waals surface area contributed by atoms with Gasteiger partial charge in [0.25, 0.3) is 0 Å². The van der Waals surface area contributed by atoms with E-state index in [0.717, 1.165) is 18.7 Å². The Labute approximate surface area is 116 Å². The zero-order chi connectivity index (χ0) is 14.6. The van der Waals surface area contributed by atoms with Crippen LogP contribution in [0.5, 0.6) is 0 Å². The minimum Gasteiger partial charge on any atom is -0.398 e. The van der Waals surface area contributed by atoms with Crippen molar-refractivity contribution in [3.63, 3.8) is 0 Å². The molecular weight excluding hydrogens is 280 g/mol. The van der Waals surface area contributed by atoms with E-state index < -0.39 is 10.0 Å². The van der Waals surface area contributed by atoms with Crippen molar-refractivity contribution in [2.45, 2.75) is 17.9 Å². The van der Waals surface area contributed by atoms with Crippen LogP contribution < -0.4 is 16.2 Å². The molecule has 8 nitrogen and oxygen atoms in total. The summed E-state index contributed by atoms with van der Waals surface area (Å²) in [6.45, 7) is 1.45. The minimum absolute atomic E-state index is 0.0642. The summed E-state index contributed by atoms with van der Waals surface area (Å²) >= 11 is 0. The normalized spacial score (nSPS) is 11.4. The van der Waals surface area contributed by atoms with Crippen molar-refractivity contribution >= 4 is 21.4 Å². The smallest absolute Gasteiger partial charge is 0.240 e. The van der Waals surface area contributed by atoms with Gasteiger partial charge in [-0.2, -0.15) is 0 Å². The Morgan fingerprint density at radius 1 is 1.35 bits per heavy atom. The molecule has 5 N–H and O–H groups in total. The van der Waals surface area contributed by atoms with E-state index in [0.29, 0.717) is 6.54 Å². The molecule has 0 atom stereocenters. The second-order valence-electron chi connectivity index (χ2n) is 4.24. The molecule has 0 aliphatic rings. The SMILES string of the molecule is Nc1cc(NCCCn2ccnn2)ccc1S(N)(=O)=O. The van der Waals surface area contributed by atoms with Crippen molar-refractivity contribution in [1.29, 1.82) is 0 Å². The lowest BCUT2D eigenvalue weighted by Gasteiger charge is -2.09. The molecule has 20 heavy (non-hydrogen) atoms. The number of benzene rings is 1. The van der Waals surface area contributed by atoms with Crippen molar-refractivity contribution in [3.05, 3.63) is 30.6 Å². The zero-order valence-electron chi connectivity index (χ0n) is 10.7. The molecule has 0 fully saturated rings. The molecule has 1 aromatic heterocycles. The van der Waals surface area contributed by atoms with Gasteiger partial charge in [-0.3, -0.25) is 4.68 Å². The van der Waals surface area contributed by atoms with Crippen molar-refractivity contribution in [3.8, 4) is 0 Å². The van der Waals surface area contributed by atoms with Crippen molar-refractivity contribution in [2.75, 3.05) is 17.6 Å². The van der Waals surface area contributed by atoms with Crippen LogP contribution in [-0.4, -0.2) is 30.0 Å². The van der Waals surface area contributed by atoms with Crippen LogP contribution in [0.15, 0.2) is 35.5 Å². The van der Waals surface area contributed by atoms with E-state index in [4.69, 9.17) is 10.9 Å². The number of primary sulfonamides is 1. The average molecular weight is 296 g/mol. The Hall–Kier alpha value is -2.13. The highest BCUT2D eigenvalue weighted by Gasteiger charge is 2.11. The van der Waals surface area contributed by atoms with Crippen molar-refractivity contribution < 1.29 is 8.42 Å². The number of nitrogens with two attached hydrogens (primary N) is 2. The number of anilines is 2. The van der Waals surface area contributed by atoms with Crippen LogP contribution in [0.1, 0.15) is 6.42 Å². The van der Waals surface area contributed by atoms with E-state index in [1.54, 1.807) is 29.2 Å². The van der Waals surface area contributed by atoms with E-state index in [1.165, 1.54) is 6.07 Å². The zero-order valence-corrected chi connectivity index (χ0v) is 11.5. The molecule has 0 amide bonds. The molecule has 0 aliphatic carbocycles. The number of aromatic nitrogens is 3. The number of hydrogen-bond acceptors (Lipinski definition) is 6. The molecule has 1 aromatic carbocycles. The highest BCUT2D eigenvalue weighted by Crippen LogP contribution is 2.21. The maximum atomic E-state index is 11.2. The summed E-state index contributed by atoms with van der Waals surface area (Å²) in [5.74, 6) is 0. The van der Waals surface area contributed by atoms with Crippen molar-refractivity contribution in [2.24, 2.45) is 5.14 Å². The Morgan fingerprint density at radius 2 is 2.15 bits per heavy atom. The third-order valence-electron chi connectivity index (χ3n) is 2.68. The lowest BCUT2D eigenvalue weighted by Crippen LogP contribution is -2.14. The number of sulfonamides is 1. The molecule has 9 heteroatoms. The third kappa shape index (κ3) is 3.68. The maximum absolute atomic E-state index is 11.2. The largest absolute Gasteiger partial charge is 0.398 e. The fraction of sp³-hybridized carbons (Fsp3) is 0.273. The van der Waals surface area contributed by atoms with Crippen LogP contribution in [0.2, 0.25) is 0 Å². The second kappa shape index (κ2) is 5.88.